The van der Waals surface area contributed by atoms with E-state index >= 15 is 0 Å². The average Bonchev–Trinajstić information content (AvgIpc) is 3.27. The third-order valence-corrected chi connectivity index (χ3v) is 5.59. The average molecular weight is 440 g/mol. The zero-order valence-corrected chi connectivity index (χ0v) is 16.6. The highest BCUT2D eigenvalue weighted by atomic mass is 19.4. The second-order valence-electron chi connectivity index (χ2n) is 7.41. The maximum atomic E-state index is 14.3. The Morgan fingerprint density at radius 1 is 0.562 bits per heavy atom. The predicted molar refractivity (Wildman–Crippen MR) is 109 cm³/mol. The van der Waals surface area contributed by atoms with Gasteiger partial charge in [0, 0.05) is 24.3 Å². The van der Waals surface area contributed by atoms with Gasteiger partial charge in [-0.15, -0.1) is 0 Å². The quantitative estimate of drug-likeness (QED) is 0.683. The Kier molecular flexibility index (Phi) is 4.84. The van der Waals surface area contributed by atoms with Gasteiger partial charge in [0.1, 0.15) is 5.41 Å². The molecule has 6 nitrogen and oxygen atoms in total. The molecular weight excluding hydrogens is 425 g/mol. The second kappa shape index (κ2) is 7.30. The summed E-state index contributed by atoms with van der Waals surface area (Å²) in [6.07, 6.45) is -0.351. The summed E-state index contributed by atoms with van der Waals surface area (Å²) >= 11 is 0. The molecule has 0 saturated heterocycles. The van der Waals surface area contributed by atoms with Gasteiger partial charge < -0.3 is 0 Å². The molecule has 0 atom stereocenters. The molecule has 0 unspecified atom stereocenters. The van der Waals surface area contributed by atoms with E-state index in [0.29, 0.717) is 0 Å². The monoisotopic (exact) mass is 440 g/mol. The van der Waals surface area contributed by atoms with Crippen molar-refractivity contribution in [3.05, 3.63) is 84.0 Å². The third-order valence-electron chi connectivity index (χ3n) is 5.59. The molecule has 0 radical (unpaired) electrons. The molecule has 2 aromatic rings. The lowest BCUT2D eigenvalue weighted by Gasteiger charge is -2.33. The van der Waals surface area contributed by atoms with E-state index in [9.17, 15) is 32.3 Å². The Morgan fingerprint density at radius 3 is 1.09 bits per heavy atom. The van der Waals surface area contributed by atoms with Crippen LogP contribution in [-0.2, 0) is 24.6 Å². The van der Waals surface area contributed by atoms with Crippen molar-refractivity contribution in [1.82, 2.24) is 0 Å². The van der Waals surface area contributed by atoms with Crippen molar-refractivity contribution < 1.29 is 32.3 Å². The predicted octanol–water partition coefficient (Wildman–Crippen LogP) is 3.41. The number of nitrogens with zero attached hydrogens (tertiary/aromatic N) is 2. The van der Waals surface area contributed by atoms with Gasteiger partial charge in [0.05, 0.1) is 11.4 Å². The number of hydrogen-bond donors (Lipinski definition) is 0. The van der Waals surface area contributed by atoms with Gasteiger partial charge >= 0.3 is 6.18 Å². The molecule has 2 aliphatic heterocycles. The fourth-order valence-electron chi connectivity index (χ4n) is 3.69. The number of hydrogen-bond acceptors (Lipinski definition) is 4. The van der Waals surface area contributed by atoms with E-state index in [0.717, 1.165) is 41.0 Å². The molecular formula is C23H15F3N2O4. The summed E-state index contributed by atoms with van der Waals surface area (Å²) < 4.78 is 42.8. The van der Waals surface area contributed by atoms with E-state index in [4.69, 9.17) is 0 Å². The zero-order valence-electron chi connectivity index (χ0n) is 16.6. The van der Waals surface area contributed by atoms with Gasteiger partial charge in [0.15, 0.2) is 0 Å². The van der Waals surface area contributed by atoms with Gasteiger partial charge in [-0.1, -0.05) is 24.3 Å². The second-order valence-corrected chi connectivity index (χ2v) is 7.41. The molecule has 162 valence electrons. The molecule has 2 heterocycles. The van der Waals surface area contributed by atoms with Crippen LogP contribution in [0.5, 0.6) is 0 Å². The molecule has 0 aromatic heterocycles. The highest BCUT2D eigenvalue weighted by molar-refractivity contribution is 6.28. The number of carbonyl (C=O) groups excluding carboxylic acids is 4. The molecule has 32 heavy (non-hydrogen) atoms. The van der Waals surface area contributed by atoms with Gasteiger partial charge in [0.25, 0.3) is 23.6 Å². The van der Waals surface area contributed by atoms with Crippen molar-refractivity contribution in [2.45, 2.75) is 18.5 Å². The number of halogens is 3. The Hall–Kier alpha value is -4.01. The van der Waals surface area contributed by atoms with Gasteiger partial charge in [0.2, 0.25) is 0 Å². The topological polar surface area (TPSA) is 74.8 Å². The number of imide groups is 2. The highest BCUT2D eigenvalue weighted by Gasteiger charge is 2.53. The van der Waals surface area contributed by atoms with E-state index in [1.54, 1.807) is 0 Å². The van der Waals surface area contributed by atoms with E-state index in [2.05, 4.69) is 0 Å². The summed E-state index contributed by atoms with van der Waals surface area (Å²) in [7, 11) is 0. The highest BCUT2D eigenvalue weighted by Crippen LogP contribution is 2.46. The van der Waals surface area contributed by atoms with Crippen molar-refractivity contribution in [1.29, 1.82) is 0 Å². The van der Waals surface area contributed by atoms with Crippen LogP contribution < -0.4 is 9.80 Å². The molecule has 0 spiro atoms. The van der Waals surface area contributed by atoms with Crippen LogP contribution in [0.4, 0.5) is 24.5 Å². The van der Waals surface area contributed by atoms with E-state index < -0.39 is 35.2 Å². The third kappa shape index (κ3) is 3.22. The summed E-state index contributed by atoms with van der Waals surface area (Å²) in [5.41, 5.74) is -2.33. The summed E-state index contributed by atoms with van der Waals surface area (Å²) in [6.45, 7) is 1.01. The lowest BCUT2D eigenvalue weighted by Crippen LogP contribution is -2.40. The minimum absolute atomic E-state index is 0.108. The van der Waals surface area contributed by atoms with E-state index in [1.165, 1.54) is 48.5 Å². The molecule has 2 aliphatic rings. The fourth-order valence-corrected chi connectivity index (χ4v) is 3.69. The molecule has 0 aliphatic carbocycles. The van der Waals surface area contributed by atoms with Crippen molar-refractivity contribution in [2.75, 3.05) is 9.80 Å². The first-order valence-electron chi connectivity index (χ1n) is 9.44. The maximum Gasteiger partial charge on any atom is 0.402 e. The van der Waals surface area contributed by atoms with Crippen LogP contribution in [0, 0.1) is 0 Å². The lowest BCUT2D eigenvalue weighted by atomic mass is 9.75. The maximum absolute atomic E-state index is 14.3. The molecule has 2 aromatic carbocycles. The number of rotatable bonds is 4. The minimum atomic E-state index is -4.70. The van der Waals surface area contributed by atoms with Crippen molar-refractivity contribution >= 4 is 35.0 Å². The van der Waals surface area contributed by atoms with Crippen molar-refractivity contribution in [3.63, 3.8) is 0 Å². The smallest absolute Gasteiger partial charge is 0.269 e. The van der Waals surface area contributed by atoms with Crippen LogP contribution in [0.3, 0.4) is 0 Å². The van der Waals surface area contributed by atoms with E-state index in [-0.39, 0.29) is 22.5 Å². The number of alkyl halides is 3. The Morgan fingerprint density at radius 2 is 0.844 bits per heavy atom. The molecule has 0 bridgehead atoms. The summed E-state index contributed by atoms with van der Waals surface area (Å²) in [6, 6.07) is 9.99. The molecule has 0 N–H and O–H groups in total. The molecule has 4 rings (SSSR count). The first-order chi connectivity index (χ1) is 15.0. The fraction of sp³-hybridized carbons (Fsp3) is 0.130. The minimum Gasteiger partial charge on any atom is -0.269 e. The molecule has 0 saturated carbocycles. The molecule has 0 fully saturated rings. The number of carbonyl (C=O) groups is 4. The van der Waals surface area contributed by atoms with Crippen LogP contribution in [-0.4, -0.2) is 29.8 Å². The van der Waals surface area contributed by atoms with Crippen LogP contribution in [0.1, 0.15) is 18.1 Å². The van der Waals surface area contributed by atoms with Gasteiger partial charge in [-0.25, -0.2) is 9.80 Å². The summed E-state index contributed by atoms with van der Waals surface area (Å²) in [5.74, 6) is -2.29. The van der Waals surface area contributed by atoms with E-state index in [1.807, 2.05) is 0 Å². The van der Waals surface area contributed by atoms with Crippen molar-refractivity contribution in [2.24, 2.45) is 0 Å². The first-order valence-corrected chi connectivity index (χ1v) is 9.44. The van der Waals surface area contributed by atoms with Gasteiger partial charge in [-0.3, -0.25) is 19.2 Å². The van der Waals surface area contributed by atoms with Crippen LogP contribution in [0.25, 0.3) is 0 Å². The normalized spacial score (nSPS) is 16.6. The molecule has 9 heteroatoms. The Labute approximate surface area is 180 Å². The Balaban J connectivity index is 1.70. The first kappa shape index (κ1) is 21.2. The SMILES string of the molecule is CC(c1ccc(N2C(=O)C=CC2=O)cc1)(c1ccc(N2C(=O)C=CC2=O)cc1)C(F)(F)F. The summed E-state index contributed by atoms with van der Waals surface area (Å²) in [5, 5.41) is 0. The zero-order chi connectivity index (χ0) is 23.3. The number of anilines is 2. The van der Waals surface area contributed by atoms with Crippen LogP contribution in [0.2, 0.25) is 0 Å². The Bertz CT molecular complexity index is 1070. The van der Waals surface area contributed by atoms with Gasteiger partial charge in [-0.2, -0.15) is 13.2 Å². The molecule has 4 amide bonds. The lowest BCUT2D eigenvalue weighted by molar-refractivity contribution is -0.173. The van der Waals surface area contributed by atoms with Crippen molar-refractivity contribution in [3.8, 4) is 0 Å². The van der Waals surface area contributed by atoms with Gasteiger partial charge in [-0.05, 0) is 42.3 Å². The number of amides is 4. The van der Waals surface area contributed by atoms with Crippen LogP contribution in [0.15, 0.2) is 72.8 Å². The number of benzene rings is 2. The van der Waals surface area contributed by atoms with Crippen LogP contribution >= 0.6 is 0 Å². The largest absolute Gasteiger partial charge is 0.402 e. The summed E-state index contributed by atoms with van der Waals surface area (Å²) in [4.78, 5) is 49.0. The standard InChI is InChI=1S/C23H15F3N2O4/c1-22(23(24,25)26,14-2-6-16(7-3-14)27-18(29)10-11-19(27)30)15-4-8-17(9-5-15)28-20(31)12-13-21(28)32/h2-13H,1H3.